The molecule has 2 fully saturated rings. The zero-order valence-corrected chi connectivity index (χ0v) is 10.4. The fourth-order valence-electron chi connectivity index (χ4n) is 2.98. The summed E-state index contributed by atoms with van der Waals surface area (Å²) >= 11 is 1.99. The van der Waals surface area contributed by atoms with Gasteiger partial charge >= 0.3 is 0 Å². The molecular weight excluding hydrogens is 206 g/mol. The van der Waals surface area contributed by atoms with E-state index in [-0.39, 0.29) is 6.10 Å². The zero-order valence-electron chi connectivity index (χ0n) is 9.61. The maximum Gasteiger partial charge on any atom is 0.0693 e. The van der Waals surface area contributed by atoms with E-state index in [9.17, 15) is 5.11 Å². The molecule has 2 aliphatic carbocycles. The molecule has 0 radical (unpaired) electrons. The second kappa shape index (κ2) is 5.55. The third-order valence-corrected chi connectivity index (χ3v) is 5.08. The number of hydrogen-bond acceptors (Lipinski definition) is 3. The van der Waals surface area contributed by atoms with Gasteiger partial charge in [0.1, 0.15) is 0 Å². The van der Waals surface area contributed by atoms with Crippen molar-refractivity contribution in [3.8, 4) is 0 Å². The standard InChI is InChI=1S/C12H23NOS/c1-15-12-8-4-6-10(12)13-9-5-2-3-7-11(9)14/h9-14H,2-8H2,1H3/t9-,10?,11-,12?/m1/s1. The van der Waals surface area contributed by atoms with Gasteiger partial charge in [-0.25, -0.2) is 0 Å². The van der Waals surface area contributed by atoms with Crippen LogP contribution in [0.3, 0.4) is 0 Å². The van der Waals surface area contributed by atoms with Crippen molar-refractivity contribution < 1.29 is 5.11 Å². The Morgan fingerprint density at radius 1 is 1.00 bits per heavy atom. The average Bonchev–Trinajstić information content (AvgIpc) is 2.69. The van der Waals surface area contributed by atoms with Crippen LogP contribution < -0.4 is 5.32 Å². The molecule has 2 N–H and O–H groups in total. The van der Waals surface area contributed by atoms with Crippen molar-refractivity contribution in [2.75, 3.05) is 6.26 Å². The molecule has 0 bridgehead atoms. The SMILES string of the molecule is CSC1CCCC1N[C@@H]1CCCC[C@H]1O. The third-order valence-electron chi connectivity index (χ3n) is 3.91. The summed E-state index contributed by atoms with van der Waals surface area (Å²) in [5, 5.41) is 14.4. The monoisotopic (exact) mass is 229 g/mol. The predicted molar refractivity (Wildman–Crippen MR) is 66.3 cm³/mol. The highest BCUT2D eigenvalue weighted by Gasteiger charge is 2.31. The van der Waals surface area contributed by atoms with Crippen molar-refractivity contribution >= 4 is 11.8 Å². The summed E-state index contributed by atoms with van der Waals surface area (Å²) in [4.78, 5) is 0. The Morgan fingerprint density at radius 2 is 1.73 bits per heavy atom. The Hall–Kier alpha value is 0.270. The van der Waals surface area contributed by atoms with Crippen LogP contribution in [0, 0.1) is 0 Å². The maximum absolute atomic E-state index is 9.92. The van der Waals surface area contributed by atoms with Crippen LogP contribution in [-0.4, -0.2) is 34.8 Å². The van der Waals surface area contributed by atoms with Gasteiger partial charge in [-0.2, -0.15) is 11.8 Å². The molecule has 0 heterocycles. The van der Waals surface area contributed by atoms with Crippen LogP contribution in [0.15, 0.2) is 0 Å². The fraction of sp³-hybridized carbons (Fsp3) is 1.00. The molecule has 2 rings (SSSR count). The molecule has 0 saturated heterocycles. The highest BCUT2D eigenvalue weighted by Crippen LogP contribution is 2.30. The number of aliphatic hydroxyl groups is 1. The van der Waals surface area contributed by atoms with Gasteiger partial charge in [-0.05, 0) is 31.9 Å². The van der Waals surface area contributed by atoms with Crippen LogP contribution in [0.25, 0.3) is 0 Å². The van der Waals surface area contributed by atoms with Crippen molar-refractivity contribution in [3.05, 3.63) is 0 Å². The van der Waals surface area contributed by atoms with Crippen molar-refractivity contribution in [1.29, 1.82) is 0 Å². The second-order valence-corrected chi connectivity index (χ2v) is 6.01. The van der Waals surface area contributed by atoms with Gasteiger partial charge in [0, 0.05) is 17.3 Å². The molecule has 0 aromatic heterocycles. The fourth-order valence-corrected chi connectivity index (χ4v) is 3.93. The Bertz CT molecular complexity index is 200. The van der Waals surface area contributed by atoms with Crippen molar-refractivity contribution in [3.63, 3.8) is 0 Å². The summed E-state index contributed by atoms with van der Waals surface area (Å²) in [6.07, 6.45) is 10.8. The quantitative estimate of drug-likeness (QED) is 0.778. The first-order valence-electron chi connectivity index (χ1n) is 6.28. The summed E-state index contributed by atoms with van der Waals surface area (Å²) in [5.41, 5.74) is 0. The molecule has 2 aliphatic rings. The molecule has 0 aromatic carbocycles. The minimum absolute atomic E-state index is 0.0955. The van der Waals surface area contributed by atoms with E-state index in [1.807, 2.05) is 11.8 Å². The van der Waals surface area contributed by atoms with Crippen LogP contribution in [0.5, 0.6) is 0 Å². The average molecular weight is 229 g/mol. The van der Waals surface area contributed by atoms with E-state index < -0.39 is 0 Å². The molecule has 2 unspecified atom stereocenters. The van der Waals surface area contributed by atoms with E-state index in [2.05, 4.69) is 11.6 Å². The second-order valence-electron chi connectivity index (χ2n) is 4.94. The van der Waals surface area contributed by atoms with E-state index in [4.69, 9.17) is 0 Å². The van der Waals surface area contributed by atoms with Gasteiger partial charge < -0.3 is 10.4 Å². The minimum atomic E-state index is -0.0955. The summed E-state index contributed by atoms with van der Waals surface area (Å²) in [7, 11) is 0. The lowest BCUT2D eigenvalue weighted by Crippen LogP contribution is -2.48. The molecule has 4 atom stereocenters. The first-order valence-corrected chi connectivity index (χ1v) is 7.57. The maximum atomic E-state index is 9.92. The largest absolute Gasteiger partial charge is 0.392 e. The van der Waals surface area contributed by atoms with Crippen LogP contribution in [0.1, 0.15) is 44.9 Å². The zero-order chi connectivity index (χ0) is 10.7. The Labute approximate surface area is 97.2 Å². The summed E-state index contributed by atoms with van der Waals surface area (Å²) < 4.78 is 0. The first kappa shape index (κ1) is 11.7. The molecule has 0 spiro atoms. The molecule has 2 nitrogen and oxygen atoms in total. The van der Waals surface area contributed by atoms with E-state index in [0.29, 0.717) is 12.1 Å². The molecule has 3 heteroatoms. The highest BCUT2D eigenvalue weighted by molar-refractivity contribution is 7.99. The number of aliphatic hydroxyl groups excluding tert-OH is 1. The van der Waals surface area contributed by atoms with Crippen LogP contribution in [0.4, 0.5) is 0 Å². The summed E-state index contributed by atoms with van der Waals surface area (Å²) in [6.45, 7) is 0. The first-order chi connectivity index (χ1) is 7.31. The van der Waals surface area contributed by atoms with Crippen molar-refractivity contribution in [1.82, 2.24) is 5.32 Å². The third kappa shape index (κ3) is 2.89. The van der Waals surface area contributed by atoms with Gasteiger partial charge in [-0.3, -0.25) is 0 Å². The van der Waals surface area contributed by atoms with Gasteiger partial charge in [-0.1, -0.05) is 19.3 Å². The van der Waals surface area contributed by atoms with E-state index in [1.54, 1.807) is 0 Å². The molecule has 15 heavy (non-hydrogen) atoms. The Kier molecular flexibility index (Phi) is 4.35. The number of nitrogens with one attached hydrogen (secondary N) is 1. The van der Waals surface area contributed by atoms with Crippen molar-refractivity contribution in [2.24, 2.45) is 0 Å². The van der Waals surface area contributed by atoms with Gasteiger partial charge in [0.2, 0.25) is 0 Å². The van der Waals surface area contributed by atoms with E-state index in [0.717, 1.165) is 11.7 Å². The lowest BCUT2D eigenvalue weighted by Gasteiger charge is -2.32. The topological polar surface area (TPSA) is 32.3 Å². The number of rotatable bonds is 3. The summed E-state index contributed by atoms with van der Waals surface area (Å²) in [5.74, 6) is 0. The van der Waals surface area contributed by atoms with Crippen LogP contribution >= 0.6 is 11.8 Å². The number of hydrogen-bond donors (Lipinski definition) is 2. The molecular formula is C12H23NOS. The number of thioether (sulfide) groups is 1. The minimum Gasteiger partial charge on any atom is -0.392 e. The molecule has 0 amide bonds. The van der Waals surface area contributed by atoms with Gasteiger partial charge in [0.25, 0.3) is 0 Å². The Balaban J connectivity index is 1.84. The Morgan fingerprint density at radius 3 is 2.47 bits per heavy atom. The van der Waals surface area contributed by atoms with Gasteiger partial charge in [0.15, 0.2) is 0 Å². The van der Waals surface area contributed by atoms with E-state index in [1.165, 1.54) is 38.5 Å². The van der Waals surface area contributed by atoms with Crippen molar-refractivity contribution in [2.45, 2.75) is 68.4 Å². The summed E-state index contributed by atoms with van der Waals surface area (Å²) in [6, 6.07) is 1.02. The lowest BCUT2D eigenvalue weighted by molar-refractivity contribution is 0.0855. The molecule has 2 saturated carbocycles. The van der Waals surface area contributed by atoms with Gasteiger partial charge in [0.05, 0.1) is 6.10 Å². The highest BCUT2D eigenvalue weighted by atomic mass is 32.2. The molecule has 0 aliphatic heterocycles. The molecule has 88 valence electrons. The van der Waals surface area contributed by atoms with Gasteiger partial charge in [-0.15, -0.1) is 0 Å². The van der Waals surface area contributed by atoms with E-state index >= 15 is 0 Å². The van der Waals surface area contributed by atoms with Crippen LogP contribution in [-0.2, 0) is 0 Å². The predicted octanol–water partition coefficient (Wildman–Crippen LogP) is 2.16. The lowest BCUT2D eigenvalue weighted by atomic mass is 9.92. The smallest absolute Gasteiger partial charge is 0.0693 e. The van der Waals surface area contributed by atoms with Crippen LogP contribution in [0.2, 0.25) is 0 Å². The molecule has 0 aromatic rings. The normalized spacial score (nSPS) is 42.0.